The molecule has 0 aromatic heterocycles. The molecule has 0 radical (unpaired) electrons. The van der Waals surface area contributed by atoms with Gasteiger partial charge < -0.3 is 15.1 Å². The van der Waals surface area contributed by atoms with Gasteiger partial charge in [-0.05, 0) is 37.4 Å². The molecule has 0 spiro atoms. The minimum atomic E-state index is -0.892. The second kappa shape index (κ2) is 6.86. The number of hydrogen-bond acceptors (Lipinski definition) is 3. The molecule has 1 aliphatic heterocycles. The highest BCUT2D eigenvalue weighted by Crippen LogP contribution is 2.23. The van der Waals surface area contributed by atoms with Crippen LogP contribution in [0.5, 0.6) is 0 Å². The second-order valence-corrected chi connectivity index (χ2v) is 5.58. The van der Waals surface area contributed by atoms with Crippen molar-refractivity contribution in [1.29, 1.82) is 0 Å². The van der Waals surface area contributed by atoms with E-state index in [2.05, 4.69) is 11.8 Å². The van der Waals surface area contributed by atoms with Gasteiger partial charge in [0, 0.05) is 19.0 Å². The Balaban J connectivity index is 2.09. The number of piperidine rings is 1. The highest BCUT2D eigenvalue weighted by molar-refractivity contribution is 5.89. The number of likely N-dealkylation sites (tertiary alicyclic amines) is 1. The van der Waals surface area contributed by atoms with Crippen LogP contribution in [0.3, 0.4) is 0 Å². The van der Waals surface area contributed by atoms with E-state index in [1.807, 2.05) is 12.1 Å². The molecule has 110 valence electrons. The monoisotopic (exact) mass is 277 g/mol. The molecule has 1 aromatic carbocycles. The number of nitrogens with zero attached hydrogens (tertiary/aromatic N) is 1. The van der Waals surface area contributed by atoms with Crippen LogP contribution in [0.25, 0.3) is 0 Å². The average molecular weight is 277 g/mol. The van der Waals surface area contributed by atoms with E-state index in [0.29, 0.717) is 12.0 Å². The fourth-order valence-corrected chi connectivity index (χ4v) is 3.00. The molecular weight excluding hydrogens is 254 g/mol. The van der Waals surface area contributed by atoms with Crippen LogP contribution in [0.4, 0.5) is 0 Å². The summed E-state index contributed by atoms with van der Waals surface area (Å²) in [4.78, 5) is 13.6. The van der Waals surface area contributed by atoms with Gasteiger partial charge in [-0.25, -0.2) is 4.79 Å². The second-order valence-electron chi connectivity index (χ2n) is 5.58. The van der Waals surface area contributed by atoms with Gasteiger partial charge in [0.15, 0.2) is 0 Å². The van der Waals surface area contributed by atoms with Crippen LogP contribution in [0.15, 0.2) is 24.3 Å². The highest BCUT2D eigenvalue weighted by atomic mass is 16.4. The topological polar surface area (TPSA) is 60.8 Å². The Morgan fingerprint density at radius 1 is 1.40 bits per heavy atom. The van der Waals surface area contributed by atoms with Crippen LogP contribution in [0, 0.1) is 5.92 Å². The number of carboxylic acid groups (broad SMARTS) is 1. The number of aliphatic hydroxyl groups excluding tert-OH is 1. The van der Waals surface area contributed by atoms with Crippen LogP contribution in [-0.4, -0.2) is 46.8 Å². The Labute approximate surface area is 120 Å². The molecule has 0 amide bonds. The van der Waals surface area contributed by atoms with Crippen molar-refractivity contribution in [2.24, 2.45) is 5.92 Å². The molecule has 4 heteroatoms. The van der Waals surface area contributed by atoms with Crippen LogP contribution in [-0.2, 0) is 6.42 Å². The molecule has 2 rings (SSSR count). The molecule has 2 unspecified atom stereocenters. The molecule has 1 saturated heterocycles. The molecule has 0 saturated carbocycles. The van der Waals surface area contributed by atoms with E-state index in [0.717, 1.165) is 38.0 Å². The summed E-state index contributed by atoms with van der Waals surface area (Å²) < 4.78 is 0. The summed E-state index contributed by atoms with van der Waals surface area (Å²) >= 11 is 0. The molecule has 2 atom stereocenters. The lowest BCUT2D eigenvalue weighted by Crippen LogP contribution is -2.44. The van der Waals surface area contributed by atoms with Crippen molar-refractivity contribution in [2.45, 2.75) is 32.3 Å². The third kappa shape index (κ3) is 3.58. The van der Waals surface area contributed by atoms with Gasteiger partial charge in [-0.1, -0.05) is 25.1 Å². The van der Waals surface area contributed by atoms with E-state index in [-0.39, 0.29) is 12.0 Å². The van der Waals surface area contributed by atoms with Gasteiger partial charge in [0.1, 0.15) is 0 Å². The summed E-state index contributed by atoms with van der Waals surface area (Å²) in [5.41, 5.74) is 1.18. The van der Waals surface area contributed by atoms with Crippen molar-refractivity contribution < 1.29 is 15.0 Å². The van der Waals surface area contributed by atoms with Gasteiger partial charge in [0.2, 0.25) is 0 Å². The molecule has 0 bridgehead atoms. The minimum absolute atomic E-state index is 0.121. The number of aliphatic hydroxyl groups is 1. The van der Waals surface area contributed by atoms with Crippen molar-refractivity contribution in [3.63, 3.8) is 0 Å². The van der Waals surface area contributed by atoms with E-state index in [1.165, 1.54) is 0 Å². The highest BCUT2D eigenvalue weighted by Gasteiger charge is 2.28. The zero-order valence-electron chi connectivity index (χ0n) is 12.0. The normalized spacial score (nSPS) is 23.7. The van der Waals surface area contributed by atoms with Gasteiger partial charge in [0.05, 0.1) is 11.7 Å². The maximum atomic E-state index is 11.2. The zero-order chi connectivity index (χ0) is 14.5. The van der Waals surface area contributed by atoms with E-state index in [9.17, 15) is 15.0 Å². The van der Waals surface area contributed by atoms with Crippen molar-refractivity contribution in [3.8, 4) is 0 Å². The first-order chi connectivity index (χ1) is 9.61. The summed E-state index contributed by atoms with van der Waals surface area (Å²) in [6.07, 6.45) is 2.18. The number of benzene rings is 1. The van der Waals surface area contributed by atoms with Crippen LogP contribution in [0.1, 0.15) is 35.7 Å². The van der Waals surface area contributed by atoms with E-state index < -0.39 is 5.97 Å². The molecule has 1 aromatic rings. The summed E-state index contributed by atoms with van der Waals surface area (Å²) in [5.74, 6) is -0.771. The third-order valence-corrected chi connectivity index (χ3v) is 4.05. The van der Waals surface area contributed by atoms with Gasteiger partial charge in [-0.15, -0.1) is 0 Å². The Morgan fingerprint density at radius 3 is 2.85 bits per heavy atom. The minimum Gasteiger partial charge on any atom is -0.478 e. The summed E-state index contributed by atoms with van der Waals surface area (Å²) in [6, 6.07) is 7.10. The number of aromatic carboxylic acids is 1. The fraction of sp³-hybridized carbons (Fsp3) is 0.562. The average Bonchev–Trinajstić information content (AvgIpc) is 2.43. The maximum Gasteiger partial charge on any atom is 0.335 e. The SMILES string of the molecule is CCCN1CCC(O)C(Cc2ccccc2C(=O)O)C1. The summed E-state index contributed by atoms with van der Waals surface area (Å²) in [6.45, 7) is 4.98. The van der Waals surface area contributed by atoms with Crippen LogP contribution in [0.2, 0.25) is 0 Å². The quantitative estimate of drug-likeness (QED) is 0.864. The largest absolute Gasteiger partial charge is 0.478 e. The smallest absolute Gasteiger partial charge is 0.335 e. The summed E-state index contributed by atoms with van der Waals surface area (Å²) in [7, 11) is 0. The van der Waals surface area contributed by atoms with E-state index in [4.69, 9.17) is 0 Å². The molecule has 1 aliphatic rings. The third-order valence-electron chi connectivity index (χ3n) is 4.05. The van der Waals surface area contributed by atoms with Crippen molar-refractivity contribution in [1.82, 2.24) is 4.90 Å². The van der Waals surface area contributed by atoms with Gasteiger partial charge in [0.25, 0.3) is 0 Å². The van der Waals surface area contributed by atoms with Crippen LogP contribution < -0.4 is 0 Å². The number of rotatable bonds is 5. The standard InChI is InChI=1S/C16H23NO3/c1-2-8-17-9-7-15(18)13(11-17)10-12-5-3-4-6-14(12)16(19)20/h3-6,13,15,18H,2,7-11H2,1H3,(H,19,20). The van der Waals surface area contributed by atoms with Crippen molar-refractivity contribution >= 4 is 5.97 Å². The maximum absolute atomic E-state index is 11.2. The van der Waals surface area contributed by atoms with Gasteiger partial charge in [-0.3, -0.25) is 0 Å². The van der Waals surface area contributed by atoms with Gasteiger partial charge >= 0.3 is 5.97 Å². The molecule has 1 heterocycles. The van der Waals surface area contributed by atoms with E-state index >= 15 is 0 Å². The zero-order valence-corrected chi connectivity index (χ0v) is 12.0. The van der Waals surface area contributed by atoms with E-state index in [1.54, 1.807) is 12.1 Å². The molecule has 2 N–H and O–H groups in total. The molecule has 4 nitrogen and oxygen atoms in total. The Morgan fingerprint density at radius 2 is 2.15 bits per heavy atom. The molecular formula is C16H23NO3. The predicted octanol–water partition coefficient (Wildman–Crippen LogP) is 2.02. The predicted molar refractivity (Wildman–Crippen MR) is 78.0 cm³/mol. The summed E-state index contributed by atoms with van der Waals surface area (Å²) in [5, 5.41) is 19.4. The Bertz CT molecular complexity index is 461. The lowest BCUT2D eigenvalue weighted by Gasteiger charge is -2.36. The lowest BCUT2D eigenvalue weighted by molar-refractivity contribution is 0.0268. The first-order valence-corrected chi connectivity index (χ1v) is 7.33. The lowest BCUT2D eigenvalue weighted by atomic mass is 9.87. The first kappa shape index (κ1) is 15.0. The first-order valence-electron chi connectivity index (χ1n) is 7.33. The van der Waals surface area contributed by atoms with Crippen molar-refractivity contribution in [2.75, 3.05) is 19.6 Å². The Kier molecular flexibility index (Phi) is 5.15. The van der Waals surface area contributed by atoms with Crippen molar-refractivity contribution in [3.05, 3.63) is 35.4 Å². The number of carbonyl (C=O) groups is 1. The molecule has 1 fully saturated rings. The number of carboxylic acids is 1. The Hall–Kier alpha value is -1.39. The fourth-order valence-electron chi connectivity index (χ4n) is 3.00. The number of hydrogen-bond donors (Lipinski definition) is 2. The molecule has 20 heavy (non-hydrogen) atoms. The molecule has 0 aliphatic carbocycles. The van der Waals surface area contributed by atoms with Gasteiger partial charge in [-0.2, -0.15) is 0 Å². The van der Waals surface area contributed by atoms with Crippen LogP contribution >= 0.6 is 0 Å².